The highest BCUT2D eigenvalue weighted by atomic mass is 79.9. The second-order valence-electron chi connectivity index (χ2n) is 3.43. The summed E-state index contributed by atoms with van der Waals surface area (Å²) >= 11 is 3.09. The maximum atomic E-state index is 13.3. The molecule has 0 amide bonds. The molecule has 1 unspecified atom stereocenters. The Bertz CT molecular complexity index is 367. The molecule has 1 aliphatic rings. The summed E-state index contributed by atoms with van der Waals surface area (Å²) in [6.45, 7) is 1.52. The van der Waals surface area contributed by atoms with Crippen LogP contribution in [-0.2, 0) is 0 Å². The molecule has 2 nitrogen and oxygen atoms in total. The van der Waals surface area contributed by atoms with E-state index in [1.807, 2.05) is 0 Å². The van der Waals surface area contributed by atoms with Gasteiger partial charge >= 0.3 is 0 Å². The first-order valence-electron chi connectivity index (χ1n) is 4.69. The Morgan fingerprint density at radius 3 is 2.87 bits per heavy atom. The third-order valence-electron chi connectivity index (χ3n) is 2.27. The molecule has 5 heteroatoms. The lowest BCUT2D eigenvalue weighted by Gasteiger charge is -2.13. The van der Waals surface area contributed by atoms with E-state index in [1.54, 1.807) is 0 Å². The SMILES string of the molecule is Fc1cc(Br)cc(OC2CCNC2)c1F. The van der Waals surface area contributed by atoms with Crippen molar-refractivity contribution in [1.29, 1.82) is 0 Å². The van der Waals surface area contributed by atoms with Crippen LogP contribution in [0.25, 0.3) is 0 Å². The van der Waals surface area contributed by atoms with E-state index < -0.39 is 11.6 Å². The molecule has 0 radical (unpaired) electrons. The Morgan fingerprint density at radius 2 is 2.20 bits per heavy atom. The number of rotatable bonds is 2. The molecule has 1 atom stereocenters. The van der Waals surface area contributed by atoms with Crippen molar-refractivity contribution >= 4 is 15.9 Å². The van der Waals surface area contributed by atoms with Crippen molar-refractivity contribution in [2.45, 2.75) is 12.5 Å². The third-order valence-corrected chi connectivity index (χ3v) is 2.73. The van der Waals surface area contributed by atoms with Crippen LogP contribution in [0.4, 0.5) is 8.78 Å². The Kier molecular flexibility index (Phi) is 3.21. The molecule has 1 N–H and O–H groups in total. The van der Waals surface area contributed by atoms with Crippen LogP contribution in [0, 0.1) is 11.6 Å². The molecule has 1 heterocycles. The maximum Gasteiger partial charge on any atom is 0.200 e. The van der Waals surface area contributed by atoms with Crippen molar-refractivity contribution in [3.05, 3.63) is 28.2 Å². The van der Waals surface area contributed by atoms with E-state index >= 15 is 0 Å². The standard InChI is InChI=1S/C10H10BrF2NO/c11-6-3-8(12)10(13)9(4-6)15-7-1-2-14-5-7/h3-4,7,14H,1-2,5H2. The van der Waals surface area contributed by atoms with Gasteiger partial charge in [0.25, 0.3) is 0 Å². The molecule has 0 bridgehead atoms. The van der Waals surface area contributed by atoms with Gasteiger partial charge in [0, 0.05) is 11.0 Å². The zero-order chi connectivity index (χ0) is 10.8. The second kappa shape index (κ2) is 4.45. The summed E-state index contributed by atoms with van der Waals surface area (Å²) in [7, 11) is 0. The van der Waals surface area contributed by atoms with Gasteiger partial charge in [-0.25, -0.2) is 4.39 Å². The van der Waals surface area contributed by atoms with Gasteiger partial charge < -0.3 is 10.1 Å². The topological polar surface area (TPSA) is 21.3 Å². The number of ether oxygens (including phenoxy) is 1. The Labute approximate surface area is 94.7 Å². The molecular weight excluding hydrogens is 268 g/mol. The van der Waals surface area contributed by atoms with Gasteiger partial charge in [0.1, 0.15) is 6.10 Å². The summed E-state index contributed by atoms with van der Waals surface area (Å²) in [5, 5.41) is 3.09. The molecule has 2 rings (SSSR count). The lowest BCUT2D eigenvalue weighted by Crippen LogP contribution is -2.20. The minimum atomic E-state index is -0.926. The fraction of sp³-hybridized carbons (Fsp3) is 0.400. The summed E-state index contributed by atoms with van der Waals surface area (Å²) in [6.07, 6.45) is 0.737. The van der Waals surface area contributed by atoms with Crippen LogP contribution >= 0.6 is 15.9 Å². The zero-order valence-corrected chi connectivity index (χ0v) is 9.48. The first kappa shape index (κ1) is 10.8. The molecule has 1 aromatic carbocycles. The minimum Gasteiger partial charge on any atom is -0.486 e. The number of benzene rings is 1. The highest BCUT2D eigenvalue weighted by Crippen LogP contribution is 2.26. The van der Waals surface area contributed by atoms with E-state index in [4.69, 9.17) is 4.74 Å². The molecule has 15 heavy (non-hydrogen) atoms. The van der Waals surface area contributed by atoms with Crippen molar-refractivity contribution in [3.8, 4) is 5.75 Å². The molecule has 82 valence electrons. The van der Waals surface area contributed by atoms with Crippen LogP contribution in [0.1, 0.15) is 6.42 Å². The molecule has 1 aliphatic heterocycles. The maximum absolute atomic E-state index is 13.3. The zero-order valence-electron chi connectivity index (χ0n) is 7.90. The van der Waals surface area contributed by atoms with Gasteiger partial charge in [0.15, 0.2) is 11.6 Å². The quantitative estimate of drug-likeness (QED) is 0.839. The van der Waals surface area contributed by atoms with E-state index in [9.17, 15) is 8.78 Å². The number of halogens is 3. The smallest absolute Gasteiger partial charge is 0.200 e. The molecule has 0 aliphatic carbocycles. The Balaban J connectivity index is 2.19. The van der Waals surface area contributed by atoms with Crippen molar-refractivity contribution in [3.63, 3.8) is 0 Å². The van der Waals surface area contributed by atoms with Crippen LogP contribution in [0.15, 0.2) is 16.6 Å². The van der Waals surface area contributed by atoms with Crippen LogP contribution in [-0.4, -0.2) is 19.2 Å². The summed E-state index contributed by atoms with van der Waals surface area (Å²) in [6, 6.07) is 2.52. The van der Waals surface area contributed by atoms with E-state index in [0.717, 1.165) is 19.0 Å². The first-order valence-corrected chi connectivity index (χ1v) is 5.48. The van der Waals surface area contributed by atoms with Crippen molar-refractivity contribution in [2.75, 3.05) is 13.1 Å². The monoisotopic (exact) mass is 277 g/mol. The molecular formula is C10H10BrF2NO. The summed E-state index contributed by atoms with van der Waals surface area (Å²) in [5.41, 5.74) is 0. The summed E-state index contributed by atoms with van der Waals surface area (Å²) in [5.74, 6) is -1.86. The molecule has 0 saturated carbocycles. The molecule has 0 spiro atoms. The lowest BCUT2D eigenvalue weighted by atomic mass is 10.3. The predicted octanol–water partition coefficient (Wildman–Crippen LogP) is 2.47. The van der Waals surface area contributed by atoms with Crippen LogP contribution in [0.3, 0.4) is 0 Å². The van der Waals surface area contributed by atoms with Gasteiger partial charge in [-0.2, -0.15) is 4.39 Å². The molecule has 1 fully saturated rings. The van der Waals surface area contributed by atoms with Gasteiger partial charge in [-0.1, -0.05) is 15.9 Å². The van der Waals surface area contributed by atoms with Crippen molar-refractivity contribution in [2.24, 2.45) is 0 Å². The van der Waals surface area contributed by atoms with Gasteiger partial charge in [0.05, 0.1) is 0 Å². The Hall–Kier alpha value is -0.680. The molecule has 0 aromatic heterocycles. The highest BCUT2D eigenvalue weighted by Gasteiger charge is 2.19. The number of nitrogens with one attached hydrogen (secondary N) is 1. The van der Waals surface area contributed by atoms with Crippen molar-refractivity contribution in [1.82, 2.24) is 5.32 Å². The van der Waals surface area contributed by atoms with E-state index in [2.05, 4.69) is 21.2 Å². The van der Waals surface area contributed by atoms with E-state index in [0.29, 0.717) is 11.0 Å². The van der Waals surface area contributed by atoms with Gasteiger partial charge in [0.2, 0.25) is 5.82 Å². The summed E-state index contributed by atoms with van der Waals surface area (Å²) in [4.78, 5) is 0. The largest absolute Gasteiger partial charge is 0.486 e. The number of hydrogen-bond donors (Lipinski definition) is 1. The lowest BCUT2D eigenvalue weighted by molar-refractivity contribution is 0.210. The third kappa shape index (κ3) is 2.46. The van der Waals surface area contributed by atoms with E-state index in [1.165, 1.54) is 6.07 Å². The summed E-state index contributed by atoms with van der Waals surface area (Å²) < 4.78 is 32.1. The average Bonchev–Trinajstić information content (AvgIpc) is 2.66. The first-order chi connectivity index (χ1) is 7.16. The van der Waals surface area contributed by atoms with Crippen LogP contribution in [0.2, 0.25) is 0 Å². The van der Waals surface area contributed by atoms with E-state index in [-0.39, 0.29) is 11.9 Å². The van der Waals surface area contributed by atoms with Gasteiger partial charge in [-0.05, 0) is 25.1 Å². The fourth-order valence-corrected chi connectivity index (χ4v) is 1.94. The fourth-order valence-electron chi connectivity index (χ4n) is 1.53. The van der Waals surface area contributed by atoms with Gasteiger partial charge in [-0.3, -0.25) is 0 Å². The minimum absolute atomic E-state index is 0.0319. The van der Waals surface area contributed by atoms with Gasteiger partial charge in [-0.15, -0.1) is 0 Å². The van der Waals surface area contributed by atoms with Crippen LogP contribution < -0.4 is 10.1 Å². The predicted molar refractivity (Wildman–Crippen MR) is 56.0 cm³/mol. The normalized spacial score (nSPS) is 20.6. The highest BCUT2D eigenvalue weighted by molar-refractivity contribution is 9.10. The average molecular weight is 278 g/mol. The Morgan fingerprint density at radius 1 is 1.40 bits per heavy atom. The van der Waals surface area contributed by atoms with Crippen molar-refractivity contribution < 1.29 is 13.5 Å². The molecule has 1 saturated heterocycles. The molecule has 1 aromatic rings. The second-order valence-corrected chi connectivity index (χ2v) is 4.35. The number of hydrogen-bond acceptors (Lipinski definition) is 2. The van der Waals surface area contributed by atoms with Crippen LogP contribution in [0.5, 0.6) is 5.75 Å².